The summed E-state index contributed by atoms with van der Waals surface area (Å²) in [7, 11) is 0. The Labute approximate surface area is 125 Å². The monoisotopic (exact) mass is 392 g/mol. The number of aliphatic hydroxyl groups is 1. The van der Waals surface area contributed by atoms with E-state index in [0.29, 0.717) is 6.92 Å². The maximum absolute atomic E-state index is 13.3. The first-order valence-corrected chi connectivity index (χ1v) is 5.84. The van der Waals surface area contributed by atoms with Crippen molar-refractivity contribution in [1.29, 1.82) is 0 Å². The van der Waals surface area contributed by atoms with Gasteiger partial charge in [-0.05, 0) is 6.42 Å². The van der Waals surface area contributed by atoms with E-state index in [9.17, 15) is 57.1 Å². The average Bonchev–Trinajstić information content (AvgIpc) is 2.37. The molecule has 1 atom stereocenters. The van der Waals surface area contributed by atoms with E-state index >= 15 is 0 Å². The van der Waals surface area contributed by atoms with Crippen LogP contribution >= 0.6 is 0 Å². The normalized spacial score (nSPS) is 17.1. The van der Waals surface area contributed by atoms with Crippen molar-refractivity contribution in [3.05, 3.63) is 0 Å². The lowest BCUT2D eigenvalue weighted by molar-refractivity contribution is -0.443. The van der Waals surface area contributed by atoms with Crippen LogP contribution in [-0.4, -0.2) is 47.5 Å². The Morgan fingerprint density at radius 1 is 0.625 bits per heavy atom. The molecule has 0 saturated heterocycles. The fraction of sp³-hybridized carbons (Fsp3) is 1.00. The molecule has 0 amide bonds. The van der Waals surface area contributed by atoms with Gasteiger partial charge in [0.25, 0.3) is 0 Å². The summed E-state index contributed by atoms with van der Waals surface area (Å²) in [5, 5.41) is 8.41. The van der Waals surface area contributed by atoms with Gasteiger partial charge in [0.1, 0.15) is 0 Å². The van der Waals surface area contributed by atoms with E-state index in [0.717, 1.165) is 0 Å². The van der Waals surface area contributed by atoms with Crippen LogP contribution in [0.25, 0.3) is 0 Å². The highest BCUT2D eigenvalue weighted by molar-refractivity contribution is 5.11. The number of rotatable bonds is 7. The van der Waals surface area contributed by atoms with Gasteiger partial charge in [0, 0.05) is 0 Å². The van der Waals surface area contributed by atoms with Crippen molar-refractivity contribution in [1.82, 2.24) is 0 Å². The Kier molecular flexibility index (Phi) is 5.85. The summed E-state index contributed by atoms with van der Waals surface area (Å²) in [6.07, 6.45) is -8.62. The van der Waals surface area contributed by atoms with Gasteiger partial charge in [0.15, 0.2) is 0 Å². The maximum atomic E-state index is 13.3. The van der Waals surface area contributed by atoms with E-state index in [-0.39, 0.29) is 0 Å². The van der Waals surface area contributed by atoms with Crippen molar-refractivity contribution < 1.29 is 62.2 Å². The van der Waals surface area contributed by atoms with Gasteiger partial charge in [-0.15, -0.1) is 0 Å². The molecule has 0 aliphatic carbocycles. The smallest absolute Gasteiger partial charge is 0.396 e. The second kappa shape index (κ2) is 6.09. The number of halogens is 13. The zero-order chi connectivity index (χ0) is 20.0. The summed E-state index contributed by atoms with van der Waals surface area (Å²) in [6, 6.07) is 0. The van der Waals surface area contributed by atoms with Crippen molar-refractivity contribution in [3.8, 4) is 0 Å². The van der Waals surface area contributed by atoms with Crippen LogP contribution < -0.4 is 0 Å². The Balaban J connectivity index is 6.30. The van der Waals surface area contributed by atoms with E-state index in [4.69, 9.17) is 5.11 Å². The number of hydrogen-bond acceptors (Lipinski definition) is 1. The third-order valence-corrected chi connectivity index (χ3v) is 3.18. The zero-order valence-corrected chi connectivity index (χ0v) is 11.4. The molecule has 0 aromatic carbocycles. The van der Waals surface area contributed by atoms with Crippen molar-refractivity contribution in [3.63, 3.8) is 0 Å². The Hall–Kier alpha value is -0.950. The zero-order valence-electron chi connectivity index (χ0n) is 11.4. The van der Waals surface area contributed by atoms with E-state index in [1.54, 1.807) is 0 Å². The van der Waals surface area contributed by atoms with Gasteiger partial charge in [-0.1, -0.05) is 6.92 Å². The first kappa shape index (κ1) is 23.1. The van der Waals surface area contributed by atoms with Crippen LogP contribution in [0.2, 0.25) is 0 Å². The predicted octanol–water partition coefficient (Wildman–Crippen LogP) is 4.74. The molecule has 24 heavy (non-hydrogen) atoms. The summed E-state index contributed by atoms with van der Waals surface area (Å²) in [5.74, 6) is -40.1. The summed E-state index contributed by atoms with van der Waals surface area (Å²) in [5.41, 5.74) is 0. The largest absolute Gasteiger partial charge is 0.460 e. The molecule has 0 fully saturated rings. The molecule has 0 saturated carbocycles. The molecule has 0 radical (unpaired) electrons. The van der Waals surface area contributed by atoms with E-state index in [2.05, 4.69) is 0 Å². The molecule has 14 heteroatoms. The summed E-state index contributed by atoms with van der Waals surface area (Å²) < 4.78 is 165. The molecule has 1 nitrogen and oxygen atoms in total. The molecule has 1 N–H and O–H groups in total. The van der Waals surface area contributed by atoms with Crippen LogP contribution in [0.4, 0.5) is 57.1 Å². The number of aliphatic hydroxyl groups excluding tert-OH is 1. The van der Waals surface area contributed by atoms with Crippen LogP contribution in [0.1, 0.15) is 13.3 Å². The molecule has 0 aliphatic rings. The summed E-state index contributed by atoms with van der Waals surface area (Å²) in [6.45, 7) is -1.32. The van der Waals surface area contributed by atoms with Crippen LogP contribution in [-0.2, 0) is 0 Å². The van der Waals surface area contributed by atoms with Gasteiger partial charge in [0.05, 0.1) is 12.5 Å². The van der Waals surface area contributed by atoms with E-state index < -0.39 is 54.7 Å². The SMILES string of the molecule is CCC(CO)C(F)(F)C(F)(F)C(F)(F)C(F)(F)C(F)(F)C(F)(F)F. The minimum atomic E-state index is -7.90. The number of alkyl halides is 13. The van der Waals surface area contributed by atoms with Gasteiger partial charge in [-0.3, -0.25) is 0 Å². The first-order valence-electron chi connectivity index (χ1n) is 5.84. The van der Waals surface area contributed by atoms with Crippen molar-refractivity contribution in [2.24, 2.45) is 5.92 Å². The molecule has 0 spiro atoms. The Morgan fingerprint density at radius 3 is 1.21 bits per heavy atom. The lowest BCUT2D eigenvalue weighted by atomic mass is 9.86. The van der Waals surface area contributed by atoms with Crippen LogP contribution in [0.15, 0.2) is 0 Å². The summed E-state index contributed by atoms with van der Waals surface area (Å²) >= 11 is 0. The molecular formula is C10H9F13O. The van der Waals surface area contributed by atoms with Gasteiger partial charge in [-0.2, -0.15) is 57.1 Å². The molecule has 1 unspecified atom stereocenters. The van der Waals surface area contributed by atoms with Gasteiger partial charge < -0.3 is 5.11 Å². The number of hydrogen-bond donors (Lipinski definition) is 1. The molecule has 0 rings (SSSR count). The second-order valence-corrected chi connectivity index (χ2v) is 4.71. The Morgan fingerprint density at radius 2 is 0.958 bits per heavy atom. The third-order valence-electron chi connectivity index (χ3n) is 3.18. The molecule has 0 aliphatic heterocycles. The van der Waals surface area contributed by atoms with Crippen LogP contribution in [0, 0.1) is 5.92 Å². The van der Waals surface area contributed by atoms with Crippen molar-refractivity contribution in [2.75, 3.05) is 6.61 Å². The quantitative estimate of drug-likeness (QED) is 0.621. The fourth-order valence-electron chi connectivity index (χ4n) is 1.54. The van der Waals surface area contributed by atoms with Gasteiger partial charge >= 0.3 is 35.8 Å². The minimum Gasteiger partial charge on any atom is -0.396 e. The topological polar surface area (TPSA) is 20.2 Å². The lowest BCUT2D eigenvalue weighted by Gasteiger charge is -2.41. The minimum absolute atomic E-state index is 0.630. The molecule has 146 valence electrons. The maximum Gasteiger partial charge on any atom is 0.460 e. The van der Waals surface area contributed by atoms with E-state index in [1.165, 1.54) is 0 Å². The fourth-order valence-corrected chi connectivity index (χ4v) is 1.54. The Bertz CT molecular complexity index is 435. The average molecular weight is 392 g/mol. The molecular weight excluding hydrogens is 383 g/mol. The highest BCUT2D eigenvalue weighted by Gasteiger charge is 2.91. The molecule has 0 aromatic rings. The lowest BCUT2D eigenvalue weighted by Crippen LogP contribution is -2.71. The predicted molar refractivity (Wildman–Crippen MR) is 51.7 cm³/mol. The second-order valence-electron chi connectivity index (χ2n) is 4.71. The van der Waals surface area contributed by atoms with E-state index in [1.807, 2.05) is 0 Å². The van der Waals surface area contributed by atoms with Crippen LogP contribution in [0.5, 0.6) is 0 Å². The standard InChI is InChI=1S/C10H9F13O/c1-2-4(3-24)5(11,12)6(13,14)7(15,16)8(17,18)9(19,20)10(21,22)23/h4,24H,2-3H2,1H3. The highest BCUT2D eigenvalue weighted by atomic mass is 19.4. The van der Waals surface area contributed by atoms with Crippen molar-refractivity contribution >= 4 is 0 Å². The molecule has 0 bridgehead atoms. The van der Waals surface area contributed by atoms with Gasteiger partial charge in [-0.25, -0.2) is 0 Å². The summed E-state index contributed by atoms with van der Waals surface area (Å²) in [4.78, 5) is 0. The van der Waals surface area contributed by atoms with Gasteiger partial charge in [0.2, 0.25) is 0 Å². The molecule has 0 aromatic heterocycles. The third kappa shape index (κ3) is 2.90. The van der Waals surface area contributed by atoms with Crippen molar-refractivity contribution in [2.45, 2.75) is 49.1 Å². The van der Waals surface area contributed by atoms with Crippen LogP contribution in [0.3, 0.4) is 0 Å². The molecule has 0 heterocycles. The highest BCUT2D eigenvalue weighted by Crippen LogP contribution is 2.61. The first-order chi connectivity index (χ1) is 10.3.